The van der Waals surface area contributed by atoms with Gasteiger partial charge in [0.05, 0.1) is 18.5 Å². The van der Waals surface area contributed by atoms with E-state index in [-0.39, 0.29) is 25.0 Å². The number of amides is 1. The zero-order chi connectivity index (χ0) is 14.1. The van der Waals surface area contributed by atoms with E-state index in [9.17, 15) is 14.4 Å². The van der Waals surface area contributed by atoms with Gasteiger partial charge in [-0.1, -0.05) is 13.8 Å². The lowest BCUT2D eigenvalue weighted by Crippen LogP contribution is -2.47. The fourth-order valence-corrected chi connectivity index (χ4v) is 1.15. The molecule has 0 aromatic carbocycles. The number of rotatable bonds is 8. The number of ether oxygens (including phenoxy) is 1. The van der Waals surface area contributed by atoms with E-state index in [1.165, 1.54) is 0 Å². The molecule has 0 radical (unpaired) electrons. The molecule has 0 aliphatic rings. The number of carboxylic acids is 1. The molecule has 0 aliphatic carbocycles. The molecule has 0 saturated heterocycles. The number of aliphatic carboxylic acids is 1. The highest BCUT2D eigenvalue weighted by molar-refractivity contribution is 5.86. The first-order chi connectivity index (χ1) is 8.40. The van der Waals surface area contributed by atoms with Crippen molar-refractivity contribution in [2.45, 2.75) is 45.2 Å². The number of nitrogens with two attached hydrogens (primary N) is 1. The van der Waals surface area contributed by atoms with Gasteiger partial charge in [0.25, 0.3) is 0 Å². The van der Waals surface area contributed by atoms with Crippen LogP contribution in [0.2, 0.25) is 0 Å². The maximum absolute atomic E-state index is 11.5. The van der Waals surface area contributed by atoms with Crippen LogP contribution in [0.5, 0.6) is 0 Å². The summed E-state index contributed by atoms with van der Waals surface area (Å²) >= 11 is 0. The Labute approximate surface area is 106 Å². The van der Waals surface area contributed by atoms with E-state index < -0.39 is 24.3 Å². The van der Waals surface area contributed by atoms with Gasteiger partial charge in [-0.05, 0) is 6.42 Å². The molecule has 0 aromatic rings. The Morgan fingerprint density at radius 1 is 1.33 bits per heavy atom. The standard InChI is InChI=1S/C11H20N2O5/c1-3-7(6-18-10(16)4-2)13-11(17)8(12)5-9(14)15/h7-8H,3-6,12H2,1-2H3,(H,13,17)(H,14,15)/t7-,8+/m0/s1. The van der Waals surface area contributed by atoms with Crippen LogP contribution in [0, 0.1) is 0 Å². The lowest BCUT2D eigenvalue weighted by molar-refractivity contribution is -0.144. The predicted octanol–water partition coefficient (Wildman–Crippen LogP) is -0.364. The average Bonchev–Trinajstić information content (AvgIpc) is 2.32. The van der Waals surface area contributed by atoms with E-state index in [2.05, 4.69) is 5.32 Å². The number of carboxylic acid groups (broad SMARTS) is 1. The minimum atomic E-state index is -1.14. The summed E-state index contributed by atoms with van der Waals surface area (Å²) in [5.41, 5.74) is 5.40. The van der Waals surface area contributed by atoms with Crippen molar-refractivity contribution in [3.63, 3.8) is 0 Å². The van der Waals surface area contributed by atoms with Gasteiger partial charge in [-0.2, -0.15) is 0 Å². The molecule has 2 atom stereocenters. The second kappa shape index (κ2) is 8.46. The fourth-order valence-electron chi connectivity index (χ4n) is 1.15. The first kappa shape index (κ1) is 16.4. The van der Waals surface area contributed by atoms with Crippen molar-refractivity contribution in [1.82, 2.24) is 5.32 Å². The van der Waals surface area contributed by atoms with Gasteiger partial charge in [-0.3, -0.25) is 14.4 Å². The molecule has 104 valence electrons. The van der Waals surface area contributed by atoms with Crippen LogP contribution in [0.15, 0.2) is 0 Å². The second-order valence-electron chi connectivity index (χ2n) is 3.85. The maximum atomic E-state index is 11.5. The minimum Gasteiger partial charge on any atom is -0.481 e. The normalized spacial score (nSPS) is 13.5. The van der Waals surface area contributed by atoms with E-state index in [4.69, 9.17) is 15.6 Å². The van der Waals surface area contributed by atoms with Gasteiger partial charge < -0.3 is 20.9 Å². The molecule has 0 unspecified atom stereocenters. The van der Waals surface area contributed by atoms with E-state index >= 15 is 0 Å². The summed E-state index contributed by atoms with van der Waals surface area (Å²) in [4.78, 5) is 32.9. The summed E-state index contributed by atoms with van der Waals surface area (Å²) in [7, 11) is 0. The van der Waals surface area contributed by atoms with E-state index in [1.54, 1.807) is 6.92 Å². The number of hydrogen-bond donors (Lipinski definition) is 3. The Bertz CT molecular complexity index is 306. The van der Waals surface area contributed by atoms with Crippen molar-refractivity contribution >= 4 is 17.8 Å². The van der Waals surface area contributed by atoms with E-state index in [0.717, 1.165) is 0 Å². The van der Waals surface area contributed by atoms with Crippen molar-refractivity contribution in [3.05, 3.63) is 0 Å². The molecule has 0 bridgehead atoms. The summed E-state index contributed by atoms with van der Waals surface area (Å²) in [6.45, 7) is 3.55. The van der Waals surface area contributed by atoms with Gasteiger partial charge in [0.1, 0.15) is 6.61 Å². The number of hydrogen-bond acceptors (Lipinski definition) is 5. The molecule has 4 N–H and O–H groups in total. The van der Waals surface area contributed by atoms with Crippen LogP contribution in [-0.4, -0.2) is 41.6 Å². The highest BCUT2D eigenvalue weighted by Gasteiger charge is 2.20. The number of nitrogens with one attached hydrogen (secondary N) is 1. The van der Waals surface area contributed by atoms with Gasteiger partial charge in [-0.15, -0.1) is 0 Å². The maximum Gasteiger partial charge on any atom is 0.305 e. The Hall–Kier alpha value is -1.63. The van der Waals surface area contributed by atoms with Gasteiger partial charge in [-0.25, -0.2) is 0 Å². The Morgan fingerprint density at radius 2 is 1.94 bits per heavy atom. The van der Waals surface area contributed by atoms with E-state index in [0.29, 0.717) is 6.42 Å². The van der Waals surface area contributed by atoms with Gasteiger partial charge in [0.2, 0.25) is 5.91 Å². The summed E-state index contributed by atoms with van der Waals surface area (Å²) in [5.74, 6) is -2.04. The summed E-state index contributed by atoms with van der Waals surface area (Å²) in [5, 5.41) is 11.0. The molecule has 0 fully saturated rings. The topological polar surface area (TPSA) is 119 Å². The average molecular weight is 260 g/mol. The van der Waals surface area contributed by atoms with Crippen LogP contribution in [0.4, 0.5) is 0 Å². The fraction of sp³-hybridized carbons (Fsp3) is 0.727. The highest BCUT2D eigenvalue weighted by atomic mass is 16.5. The summed E-state index contributed by atoms with van der Waals surface area (Å²) in [6.07, 6.45) is 0.391. The third-order valence-electron chi connectivity index (χ3n) is 2.30. The predicted molar refractivity (Wildman–Crippen MR) is 63.7 cm³/mol. The Morgan fingerprint density at radius 3 is 2.39 bits per heavy atom. The molecule has 0 saturated carbocycles. The SMILES string of the molecule is CCC(=O)OC[C@H](CC)NC(=O)[C@H](N)CC(=O)O. The molecule has 0 rings (SSSR count). The quantitative estimate of drug-likeness (QED) is 0.513. The zero-order valence-electron chi connectivity index (χ0n) is 10.6. The smallest absolute Gasteiger partial charge is 0.305 e. The molecule has 7 nitrogen and oxygen atoms in total. The molecule has 18 heavy (non-hydrogen) atoms. The van der Waals surface area contributed by atoms with Gasteiger partial charge >= 0.3 is 11.9 Å². The lowest BCUT2D eigenvalue weighted by atomic mass is 10.1. The Balaban J connectivity index is 4.14. The van der Waals surface area contributed by atoms with Crippen molar-refractivity contribution in [2.75, 3.05) is 6.61 Å². The van der Waals surface area contributed by atoms with Gasteiger partial charge in [0.15, 0.2) is 0 Å². The molecular weight excluding hydrogens is 240 g/mol. The lowest BCUT2D eigenvalue weighted by Gasteiger charge is -2.19. The second-order valence-corrected chi connectivity index (χ2v) is 3.85. The van der Waals surface area contributed by atoms with Crippen molar-refractivity contribution in [2.24, 2.45) is 5.73 Å². The first-order valence-electron chi connectivity index (χ1n) is 5.84. The Kier molecular flexibility index (Phi) is 7.69. The summed E-state index contributed by atoms with van der Waals surface area (Å²) < 4.78 is 4.90. The van der Waals surface area contributed by atoms with Crippen LogP contribution in [-0.2, 0) is 19.1 Å². The molecule has 0 heterocycles. The van der Waals surface area contributed by atoms with Crippen LogP contribution < -0.4 is 11.1 Å². The van der Waals surface area contributed by atoms with Crippen LogP contribution in [0.1, 0.15) is 33.1 Å². The van der Waals surface area contributed by atoms with Crippen LogP contribution in [0.25, 0.3) is 0 Å². The molecule has 0 spiro atoms. The zero-order valence-corrected chi connectivity index (χ0v) is 10.6. The molecule has 7 heteroatoms. The van der Waals surface area contributed by atoms with Crippen molar-refractivity contribution in [1.29, 1.82) is 0 Å². The van der Waals surface area contributed by atoms with E-state index in [1.807, 2.05) is 6.92 Å². The third kappa shape index (κ3) is 6.85. The van der Waals surface area contributed by atoms with Crippen LogP contribution >= 0.6 is 0 Å². The summed E-state index contributed by atoms with van der Waals surface area (Å²) in [6, 6.07) is -1.45. The first-order valence-corrected chi connectivity index (χ1v) is 5.84. The number of carbonyl (C=O) groups is 3. The minimum absolute atomic E-state index is 0.0642. The highest BCUT2D eigenvalue weighted by Crippen LogP contribution is 1.97. The van der Waals surface area contributed by atoms with Crippen molar-refractivity contribution in [3.8, 4) is 0 Å². The monoisotopic (exact) mass is 260 g/mol. The molecule has 0 aliphatic heterocycles. The largest absolute Gasteiger partial charge is 0.481 e. The van der Waals surface area contributed by atoms with Crippen molar-refractivity contribution < 1.29 is 24.2 Å². The van der Waals surface area contributed by atoms with Gasteiger partial charge in [0, 0.05) is 6.42 Å². The third-order valence-corrected chi connectivity index (χ3v) is 2.30. The number of carbonyl (C=O) groups excluding carboxylic acids is 2. The molecule has 1 amide bonds. The number of esters is 1. The molecule has 0 aromatic heterocycles. The van der Waals surface area contributed by atoms with Crippen LogP contribution in [0.3, 0.4) is 0 Å². The molecular formula is C11H20N2O5.